The average molecular weight is 368 g/mol. The Bertz CT molecular complexity index is 838. The molecule has 6 heteroatoms. The highest BCUT2D eigenvalue weighted by atomic mass is 16.2. The summed E-state index contributed by atoms with van der Waals surface area (Å²) in [4.78, 5) is 27.0. The van der Waals surface area contributed by atoms with Crippen LogP contribution in [0.5, 0.6) is 0 Å². The maximum absolute atomic E-state index is 12.8. The van der Waals surface area contributed by atoms with E-state index in [1.807, 2.05) is 21.7 Å². The summed E-state index contributed by atoms with van der Waals surface area (Å²) in [5, 5.41) is 8.81. The van der Waals surface area contributed by atoms with Gasteiger partial charge in [-0.2, -0.15) is 5.10 Å². The second-order valence-corrected chi connectivity index (χ2v) is 7.72. The second kappa shape index (κ2) is 7.71. The molecule has 0 spiro atoms. The number of nitrogens with one attached hydrogen (secondary N) is 1. The van der Waals surface area contributed by atoms with Crippen LogP contribution in [0.15, 0.2) is 24.3 Å². The van der Waals surface area contributed by atoms with Crippen molar-refractivity contribution in [2.24, 2.45) is 5.92 Å². The number of amides is 2. The normalized spacial score (nSPS) is 21.1. The van der Waals surface area contributed by atoms with Crippen LogP contribution in [-0.2, 0) is 22.7 Å². The van der Waals surface area contributed by atoms with Crippen molar-refractivity contribution in [1.29, 1.82) is 0 Å². The fourth-order valence-corrected chi connectivity index (χ4v) is 4.54. The number of aryl methyl sites for hydroxylation is 1. The molecule has 144 valence electrons. The van der Waals surface area contributed by atoms with E-state index >= 15 is 0 Å². The van der Waals surface area contributed by atoms with E-state index in [1.165, 1.54) is 12.8 Å². The summed E-state index contributed by atoms with van der Waals surface area (Å²) >= 11 is 0. The number of rotatable bonds is 5. The van der Waals surface area contributed by atoms with Gasteiger partial charge in [-0.1, -0.05) is 31.0 Å². The maximum Gasteiger partial charge on any atom is 0.225 e. The quantitative estimate of drug-likeness (QED) is 0.882. The van der Waals surface area contributed by atoms with Crippen LogP contribution in [0, 0.1) is 5.92 Å². The predicted molar refractivity (Wildman–Crippen MR) is 104 cm³/mol. The molecule has 1 aliphatic heterocycles. The van der Waals surface area contributed by atoms with Crippen LogP contribution in [0.25, 0.3) is 10.9 Å². The molecule has 0 radical (unpaired) electrons. The Morgan fingerprint density at radius 3 is 2.78 bits per heavy atom. The molecule has 1 saturated heterocycles. The van der Waals surface area contributed by atoms with Crippen molar-refractivity contribution in [1.82, 2.24) is 20.0 Å². The van der Waals surface area contributed by atoms with Crippen LogP contribution in [0.3, 0.4) is 0 Å². The van der Waals surface area contributed by atoms with Crippen molar-refractivity contribution < 1.29 is 9.59 Å². The van der Waals surface area contributed by atoms with Gasteiger partial charge in [0.2, 0.25) is 11.8 Å². The average Bonchev–Trinajstić information content (AvgIpc) is 3.34. The summed E-state index contributed by atoms with van der Waals surface area (Å²) in [6, 6.07) is 8.47. The molecule has 1 aromatic carbocycles. The Balaban J connectivity index is 1.41. The maximum atomic E-state index is 12.8. The van der Waals surface area contributed by atoms with Gasteiger partial charge in [-0.15, -0.1) is 0 Å². The molecule has 2 heterocycles. The molecule has 6 nitrogen and oxygen atoms in total. The van der Waals surface area contributed by atoms with Crippen LogP contribution in [0.2, 0.25) is 0 Å². The number of piperidine rings is 1. The van der Waals surface area contributed by atoms with Crippen molar-refractivity contribution in [3.8, 4) is 0 Å². The van der Waals surface area contributed by atoms with Gasteiger partial charge in [0.15, 0.2) is 0 Å². The number of likely N-dealkylation sites (tertiary alicyclic amines) is 1. The summed E-state index contributed by atoms with van der Waals surface area (Å²) in [6.07, 6.45) is 5.69. The molecule has 1 atom stereocenters. The van der Waals surface area contributed by atoms with Gasteiger partial charge >= 0.3 is 0 Å². The first-order valence-electron chi connectivity index (χ1n) is 10.2. The van der Waals surface area contributed by atoms with E-state index in [9.17, 15) is 9.59 Å². The highest BCUT2D eigenvalue weighted by molar-refractivity contribution is 5.85. The topological polar surface area (TPSA) is 67.2 Å². The number of benzene rings is 1. The Labute approximate surface area is 159 Å². The zero-order valence-corrected chi connectivity index (χ0v) is 16.0. The lowest BCUT2D eigenvalue weighted by Crippen LogP contribution is -2.49. The van der Waals surface area contributed by atoms with E-state index < -0.39 is 0 Å². The summed E-state index contributed by atoms with van der Waals surface area (Å²) in [7, 11) is 0. The van der Waals surface area contributed by atoms with Gasteiger partial charge in [0.05, 0.1) is 23.7 Å². The van der Waals surface area contributed by atoms with E-state index in [0.717, 1.165) is 36.0 Å². The lowest BCUT2D eigenvalue weighted by Gasteiger charge is -2.36. The largest absolute Gasteiger partial charge is 0.350 e. The SMILES string of the molecule is CCn1nc(CNC(=O)C2CCC(=O)N(C3CCCC3)C2)c2ccccc21. The summed E-state index contributed by atoms with van der Waals surface area (Å²) < 4.78 is 1.97. The molecule has 2 amide bonds. The Hall–Kier alpha value is -2.37. The summed E-state index contributed by atoms with van der Waals surface area (Å²) in [6.45, 7) is 3.87. The minimum Gasteiger partial charge on any atom is -0.350 e. The Kier molecular flexibility index (Phi) is 5.14. The third kappa shape index (κ3) is 3.57. The lowest BCUT2D eigenvalue weighted by molar-refractivity contribution is -0.140. The fraction of sp³-hybridized carbons (Fsp3) is 0.571. The van der Waals surface area contributed by atoms with Crippen LogP contribution >= 0.6 is 0 Å². The van der Waals surface area contributed by atoms with Gasteiger partial charge in [0, 0.05) is 30.9 Å². The molecule has 2 aliphatic rings. The van der Waals surface area contributed by atoms with Gasteiger partial charge in [-0.05, 0) is 32.3 Å². The number of carbonyl (C=O) groups excluding carboxylic acids is 2. The number of fused-ring (bicyclic) bond motifs is 1. The molecule has 1 unspecified atom stereocenters. The Morgan fingerprint density at radius 2 is 2.00 bits per heavy atom. The van der Waals surface area contributed by atoms with Gasteiger partial charge < -0.3 is 10.2 Å². The predicted octanol–water partition coefficient (Wildman–Crippen LogP) is 2.85. The van der Waals surface area contributed by atoms with Crippen molar-refractivity contribution in [3.63, 3.8) is 0 Å². The molecule has 2 aromatic rings. The first kappa shape index (κ1) is 18.0. The first-order valence-corrected chi connectivity index (χ1v) is 10.2. The van der Waals surface area contributed by atoms with E-state index in [1.54, 1.807) is 0 Å². The van der Waals surface area contributed by atoms with Crippen molar-refractivity contribution in [2.45, 2.75) is 64.6 Å². The van der Waals surface area contributed by atoms with Gasteiger partial charge in [-0.25, -0.2) is 0 Å². The number of para-hydroxylation sites is 1. The minimum atomic E-state index is -0.108. The highest BCUT2D eigenvalue weighted by Gasteiger charge is 2.35. The fourth-order valence-electron chi connectivity index (χ4n) is 4.54. The molecule has 1 N–H and O–H groups in total. The van der Waals surface area contributed by atoms with Gasteiger partial charge in [-0.3, -0.25) is 14.3 Å². The number of carbonyl (C=O) groups is 2. The Morgan fingerprint density at radius 1 is 1.22 bits per heavy atom. The molecular weight excluding hydrogens is 340 g/mol. The van der Waals surface area contributed by atoms with Crippen LogP contribution in [-0.4, -0.2) is 39.1 Å². The monoisotopic (exact) mass is 368 g/mol. The van der Waals surface area contributed by atoms with Crippen molar-refractivity contribution >= 4 is 22.7 Å². The molecule has 1 aliphatic carbocycles. The molecule has 1 aromatic heterocycles. The number of hydrogen-bond donors (Lipinski definition) is 1. The third-order valence-electron chi connectivity index (χ3n) is 6.04. The smallest absolute Gasteiger partial charge is 0.225 e. The molecule has 4 rings (SSSR count). The van der Waals surface area contributed by atoms with Gasteiger partial charge in [0.25, 0.3) is 0 Å². The summed E-state index contributed by atoms with van der Waals surface area (Å²) in [5.41, 5.74) is 2.00. The molecule has 0 bridgehead atoms. The third-order valence-corrected chi connectivity index (χ3v) is 6.04. The number of hydrogen-bond acceptors (Lipinski definition) is 3. The van der Waals surface area contributed by atoms with E-state index in [4.69, 9.17) is 0 Å². The summed E-state index contributed by atoms with van der Waals surface area (Å²) in [5.74, 6) is 0.155. The number of aromatic nitrogens is 2. The zero-order chi connectivity index (χ0) is 18.8. The van der Waals surface area contributed by atoms with Crippen molar-refractivity contribution in [3.05, 3.63) is 30.0 Å². The second-order valence-electron chi connectivity index (χ2n) is 7.72. The number of nitrogens with zero attached hydrogens (tertiary/aromatic N) is 3. The highest BCUT2D eigenvalue weighted by Crippen LogP contribution is 2.29. The molecule has 1 saturated carbocycles. The van der Waals surface area contributed by atoms with Crippen LogP contribution in [0.4, 0.5) is 0 Å². The van der Waals surface area contributed by atoms with Crippen LogP contribution in [0.1, 0.15) is 51.1 Å². The molecular formula is C21H28N4O2. The first-order chi connectivity index (χ1) is 13.2. The van der Waals surface area contributed by atoms with E-state index in [0.29, 0.717) is 32.0 Å². The van der Waals surface area contributed by atoms with E-state index in [-0.39, 0.29) is 17.7 Å². The standard InChI is InChI=1S/C21H28N4O2/c1-2-25-19-10-6-5-9-17(19)18(23-25)13-22-21(27)15-11-12-20(26)24(14-15)16-7-3-4-8-16/h5-6,9-10,15-16H,2-4,7-8,11-14H2,1H3,(H,22,27). The molecule has 27 heavy (non-hydrogen) atoms. The van der Waals surface area contributed by atoms with Crippen LogP contribution < -0.4 is 5.32 Å². The van der Waals surface area contributed by atoms with E-state index in [2.05, 4.69) is 29.5 Å². The molecule has 2 fully saturated rings. The lowest BCUT2D eigenvalue weighted by atomic mass is 9.95. The van der Waals surface area contributed by atoms with Gasteiger partial charge in [0.1, 0.15) is 0 Å². The zero-order valence-electron chi connectivity index (χ0n) is 16.0. The van der Waals surface area contributed by atoms with Crippen molar-refractivity contribution in [2.75, 3.05) is 6.54 Å². The minimum absolute atomic E-state index is 0.0422.